The Morgan fingerprint density at radius 2 is 1.96 bits per heavy atom. The number of amides is 1. The van der Waals surface area contributed by atoms with Gasteiger partial charge in [0.15, 0.2) is 0 Å². The van der Waals surface area contributed by atoms with E-state index < -0.39 is 35.8 Å². The average Bonchev–Trinajstić information content (AvgIpc) is 2.59. The molecular formula is C18H15F4NO3. The molecule has 0 saturated carbocycles. The lowest BCUT2D eigenvalue weighted by Gasteiger charge is -2.26. The molecule has 1 heterocycles. The van der Waals surface area contributed by atoms with Gasteiger partial charge in [0.05, 0.1) is 5.56 Å². The summed E-state index contributed by atoms with van der Waals surface area (Å²) in [5.41, 5.74) is 0.0369. The molecule has 0 fully saturated rings. The summed E-state index contributed by atoms with van der Waals surface area (Å²) in [4.78, 5) is 12.3. The van der Waals surface area contributed by atoms with Crippen molar-refractivity contribution in [2.75, 3.05) is 6.54 Å². The molecule has 3 rings (SSSR count). The number of alkyl halides is 3. The summed E-state index contributed by atoms with van der Waals surface area (Å²) in [6.45, 7) is -0.0228. The number of hydrogen-bond donors (Lipinski definition) is 1. The first-order valence-electron chi connectivity index (χ1n) is 7.83. The highest BCUT2D eigenvalue weighted by Gasteiger charge is 2.34. The molecule has 0 spiro atoms. The average molecular weight is 369 g/mol. The maximum Gasteiger partial charge on any atom is 0.416 e. The molecule has 2 aromatic rings. The first kappa shape index (κ1) is 18.0. The van der Waals surface area contributed by atoms with Crippen molar-refractivity contribution in [1.29, 1.82) is 0 Å². The minimum Gasteiger partial charge on any atom is -0.489 e. The van der Waals surface area contributed by atoms with E-state index in [1.54, 1.807) is 18.2 Å². The normalized spacial score (nSPS) is 14.1. The third-order valence-corrected chi connectivity index (χ3v) is 4.27. The Kier molecular flexibility index (Phi) is 4.76. The Hall–Kier alpha value is -2.77. The first-order valence-corrected chi connectivity index (χ1v) is 7.83. The lowest BCUT2D eigenvalue weighted by molar-refractivity contribution is -0.138. The van der Waals surface area contributed by atoms with E-state index in [4.69, 9.17) is 9.84 Å². The molecule has 0 atom stereocenters. The Bertz CT molecular complexity index is 836. The Morgan fingerprint density at radius 3 is 2.65 bits per heavy atom. The summed E-state index contributed by atoms with van der Waals surface area (Å²) < 4.78 is 58.3. The van der Waals surface area contributed by atoms with Crippen LogP contribution in [0.25, 0.3) is 0 Å². The van der Waals surface area contributed by atoms with Crippen LogP contribution in [0.4, 0.5) is 22.4 Å². The van der Waals surface area contributed by atoms with Gasteiger partial charge in [-0.05, 0) is 41.8 Å². The lowest BCUT2D eigenvalue weighted by Crippen LogP contribution is -2.34. The fourth-order valence-electron chi connectivity index (χ4n) is 2.91. The zero-order valence-electron chi connectivity index (χ0n) is 13.5. The van der Waals surface area contributed by atoms with Crippen molar-refractivity contribution in [3.8, 4) is 5.75 Å². The summed E-state index contributed by atoms with van der Waals surface area (Å²) in [5.74, 6) is -0.734. The third kappa shape index (κ3) is 3.74. The van der Waals surface area contributed by atoms with Gasteiger partial charge in [0.2, 0.25) is 0 Å². The van der Waals surface area contributed by atoms with E-state index in [1.165, 1.54) is 4.90 Å². The number of hydrogen-bond acceptors (Lipinski definition) is 2. The maximum atomic E-state index is 13.8. The SMILES string of the molecule is O=C(O)N1CCc2ccc(OCc3c(F)cccc3C(F)(F)F)cc2C1. The Labute approximate surface area is 146 Å². The maximum absolute atomic E-state index is 13.8. The van der Waals surface area contributed by atoms with Crippen molar-refractivity contribution in [2.45, 2.75) is 25.7 Å². The van der Waals surface area contributed by atoms with Gasteiger partial charge in [0.25, 0.3) is 0 Å². The van der Waals surface area contributed by atoms with Gasteiger partial charge in [-0.1, -0.05) is 12.1 Å². The molecule has 1 aliphatic heterocycles. The van der Waals surface area contributed by atoms with E-state index in [0.29, 0.717) is 13.0 Å². The summed E-state index contributed by atoms with van der Waals surface area (Å²) in [6.07, 6.45) is -5.17. The van der Waals surface area contributed by atoms with Crippen LogP contribution in [-0.2, 0) is 25.7 Å². The number of benzene rings is 2. The molecule has 1 amide bonds. The number of fused-ring (bicyclic) bond motifs is 1. The molecule has 0 saturated heterocycles. The van der Waals surface area contributed by atoms with E-state index in [2.05, 4.69) is 0 Å². The minimum atomic E-state index is -4.68. The first-order chi connectivity index (χ1) is 12.3. The van der Waals surface area contributed by atoms with Crippen molar-refractivity contribution in [3.63, 3.8) is 0 Å². The summed E-state index contributed by atoms with van der Waals surface area (Å²) >= 11 is 0. The number of carboxylic acid groups (broad SMARTS) is 1. The van der Waals surface area contributed by atoms with E-state index in [-0.39, 0.29) is 12.3 Å². The lowest BCUT2D eigenvalue weighted by atomic mass is 10.00. The van der Waals surface area contributed by atoms with E-state index >= 15 is 0 Å². The van der Waals surface area contributed by atoms with Crippen LogP contribution in [0.5, 0.6) is 5.75 Å². The van der Waals surface area contributed by atoms with Crippen LogP contribution in [0.15, 0.2) is 36.4 Å². The highest BCUT2D eigenvalue weighted by Crippen LogP contribution is 2.34. The van der Waals surface area contributed by atoms with Gasteiger partial charge >= 0.3 is 12.3 Å². The number of halogens is 4. The predicted octanol–water partition coefficient (Wildman–Crippen LogP) is 4.46. The number of ether oxygens (including phenoxy) is 1. The molecule has 0 aliphatic carbocycles. The molecule has 0 radical (unpaired) electrons. The molecular weight excluding hydrogens is 354 g/mol. The molecule has 1 N–H and O–H groups in total. The van der Waals surface area contributed by atoms with Crippen LogP contribution in [0, 0.1) is 5.82 Å². The zero-order chi connectivity index (χ0) is 18.9. The third-order valence-electron chi connectivity index (χ3n) is 4.27. The smallest absolute Gasteiger partial charge is 0.416 e. The molecule has 1 aliphatic rings. The Morgan fingerprint density at radius 1 is 1.19 bits per heavy atom. The summed E-state index contributed by atoms with van der Waals surface area (Å²) in [7, 11) is 0. The number of nitrogens with zero attached hydrogens (tertiary/aromatic N) is 1. The molecule has 0 aromatic heterocycles. The molecule has 2 aromatic carbocycles. The van der Waals surface area contributed by atoms with Crippen molar-refractivity contribution in [3.05, 3.63) is 64.5 Å². The molecule has 4 nitrogen and oxygen atoms in total. The van der Waals surface area contributed by atoms with Crippen molar-refractivity contribution in [1.82, 2.24) is 4.90 Å². The molecule has 138 valence electrons. The van der Waals surface area contributed by atoms with Gasteiger partial charge in [-0.15, -0.1) is 0 Å². The fourth-order valence-corrected chi connectivity index (χ4v) is 2.91. The van der Waals surface area contributed by atoms with Gasteiger partial charge in [0, 0.05) is 18.7 Å². The minimum absolute atomic E-state index is 0.176. The van der Waals surface area contributed by atoms with Gasteiger partial charge in [-0.3, -0.25) is 0 Å². The summed E-state index contributed by atoms with van der Waals surface area (Å²) in [6, 6.07) is 7.67. The monoisotopic (exact) mass is 369 g/mol. The van der Waals surface area contributed by atoms with Crippen molar-refractivity contribution >= 4 is 6.09 Å². The van der Waals surface area contributed by atoms with Gasteiger partial charge < -0.3 is 14.7 Å². The van der Waals surface area contributed by atoms with Crippen LogP contribution in [0.3, 0.4) is 0 Å². The van der Waals surface area contributed by atoms with Crippen LogP contribution in [0.2, 0.25) is 0 Å². The largest absolute Gasteiger partial charge is 0.489 e. The predicted molar refractivity (Wildman–Crippen MR) is 84.3 cm³/mol. The van der Waals surface area contributed by atoms with Crippen LogP contribution in [0.1, 0.15) is 22.3 Å². The van der Waals surface area contributed by atoms with E-state index in [0.717, 1.165) is 29.3 Å². The number of rotatable bonds is 3. The van der Waals surface area contributed by atoms with E-state index in [1.807, 2.05) is 0 Å². The van der Waals surface area contributed by atoms with Gasteiger partial charge in [0.1, 0.15) is 18.2 Å². The van der Waals surface area contributed by atoms with Gasteiger partial charge in [-0.25, -0.2) is 9.18 Å². The molecule has 0 unspecified atom stereocenters. The molecule has 0 bridgehead atoms. The van der Waals surface area contributed by atoms with Crippen LogP contribution in [-0.4, -0.2) is 22.6 Å². The fraction of sp³-hybridized carbons (Fsp3) is 0.278. The highest BCUT2D eigenvalue weighted by atomic mass is 19.4. The second-order valence-electron chi connectivity index (χ2n) is 5.94. The topological polar surface area (TPSA) is 49.8 Å². The van der Waals surface area contributed by atoms with Crippen molar-refractivity contribution < 1.29 is 32.2 Å². The van der Waals surface area contributed by atoms with Crippen LogP contribution < -0.4 is 4.74 Å². The van der Waals surface area contributed by atoms with Gasteiger partial charge in [-0.2, -0.15) is 13.2 Å². The van der Waals surface area contributed by atoms with E-state index in [9.17, 15) is 22.4 Å². The Balaban J connectivity index is 1.80. The standard InChI is InChI=1S/C18H15F4NO3/c19-16-3-1-2-15(18(20,21)22)14(16)10-26-13-5-4-11-6-7-23(17(24)25)9-12(11)8-13/h1-5,8H,6-7,9-10H2,(H,24,25). The number of carbonyl (C=O) groups is 1. The highest BCUT2D eigenvalue weighted by molar-refractivity contribution is 5.65. The van der Waals surface area contributed by atoms with Crippen molar-refractivity contribution in [2.24, 2.45) is 0 Å². The van der Waals surface area contributed by atoms with Crippen LogP contribution >= 0.6 is 0 Å². The second kappa shape index (κ2) is 6.86. The quantitative estimate of drug-likeness (QED) is 0.813. The molecule has 26 heavy (non-hydrogen) atoms. The molecule has 8 heteroatoms. The summed E-state index contributed by atoms with van der Waals surface area (Å²) in [5, 5.41) is 9.07. The zero-order valence-corrected chi connectivity index (χ0v) is 13.5. The second-order valence-corrected chi connectivity index (χ2v) is 5.94.